The van der Waals surface area contributed by atoms with Gasteiger partial charge in [0, 0.05) is 19.6 Å². The summed E-state index contributed by atoms with van der Waals surface area (Å²) in [4.78, 5) is 26.3. The molecule has 0 bridgehead atoms. The first-order chi connectivity index (χ1) is 9.86. The van der Waals surface area contributed by atoms with E-state index in [0.29, 0.717) is 19.8 Å². The van der Waals surface area contributed by atoms with Crippen LogP contribution in [0.2, 0.25) is 0 Å². The molecule has 0 spiro atoms. The molecule has 2 fully saturated rings. The lowest BCUT2D eigenvalue weighted by atomic mass is 10.0. The Bertz CT molecular complexity index is 392. The quantitative estimate of drug-likeness (QED) is 0.752. The summed E-state index contributed by atoms with van der Waals surface area (Å²) in [6.45, 7) is 1.53. The fraction of sp³-hybridized carbons (Fsp3) is 0.818. The van der Waals surface area contributed by atoms with Gasteiger partial charge in [-0.2, -0.15) is 13.2 Å². The van der Waals surface area contributed by atoms with E-state index in [-0.39, 0.29) is 31.6 Å². The van der Waals surface area contributed by atoms with Crippen LogP contribution >= 0.6 is 0 Å². The molecule has 7 nitrogen and oxygen atoms in total. The van der Waals surface area contributed by atoms with Crippen LogP contribution in [-0.2, 0) is 23.9 Å². The van der Waals surface area contributed by atoms with E-state index in [2.05, 4.69) is 10.2 Å². The Balaban J connectivity index is 1.62. The predicted molar refractivity (Wildman–Crippen MR) is 60.8 cm³/mol. The minimum absolute atomic E-state index is 0.0598. The number of ether oxygens (including phenoxy) is 2. The molecule has 0 aromatic carbocycles. The van der Waals surface area contributed by atoms with Crippen molar-refractivity contribution in [1.29, 1.82) is 0 Å². The molecule has 1 unspecified atom stereocenters. The maximum atomic E-state index is 11.9. The lowest BCUT2D eigenvalue weighted by Gasteiger charge is -2.36. The van der Waals surface area contributed by atoms with E-state index in [0.717, 1.165) is 5.06 Å². The molecule has 2 aliphatic heterocycles. The standard InChI is InChI=1S/C11H15F3N2O5/c12-11(13,14)10(18)21-16-4-7(5-16)9(17)15-3-8-6-19-1-2-20-8/h7-8H,1-6H2,(H,15,17). The number of carbonyl (C=O) groups excluding carboxylic acids is 2. The summed E-state index contributed by atoms with van der Waals surface area (Å²) in [7, 11) is 0. The molecular weight excluding hydrogens is 297 g/mol. The zero-order valence-electron chi connectivity index (χ0n) is 11.0. The Hall–Kier alpha value is -1.39. The van der Waals surface area contributed by atoms with Crippen LogP contribution in [-0.4, -0.2) is 68.7 Å². The van der Waals surface area contributed by atoms with Gasteiger partial charge < -0.3 is 19.6 Å². The van der Waals surface area contributed by atoms with Crippen molar-refractivity contribution < 1.29 is 37.1 Å². The molecule has 0 aromatic rings. The van der Waals surface area contributed by atoms with Crippen LogP contribution in [0.3, 0.4) is 0 Å². The summed E-state index contributed by atoms with van der Waals surface area (Å²) in [5.41, 5.74) is 0. The third-order valence-electron chi connectivity index (χ3n) is 3.05. The van der Waals surface area contributed by atoms with Gasteiger partial charge in [-0.1, -0.05) is 0 Å². The van der Waals surface area contributed by atoms with Gasteiger partial charge in [0.05, 0.1) is 31.8 Å². The zero-order chi connectivity index (χ0) is 15.5. The monoisotopic (exact) mass is 312 g/mol. The number of amides is 1. The van der Waals surface area contributed by atoms with Gasteiger partial charge in [0.1, 0.15) is 0 Å². The average molecular weight is 312 g/mol. The number of nitrogens with one attached hydrogen (secondary N) is 1. The second-order valence-corrected chi connectivity index (χ2v) is 4.73. The van der Waals surface area contributed by atoms with Crippen LogP contribution in [0.15, 0.2) is 0 Å². The van der Waals surface area contributed by atoms with Gasteiger partial charge in [0.25, 0.3) is 0 Å². The van der Waals surface area contributed by atoms with Gasteiger partial charge in [-0.3, -0.25) is 4.79 Å². The van der Waals surface area contributed by atoms with E-state index < -0.39 is 18.1 Å². The summed E-state index contributed by atoms with van der Waals surface area (Å²) in [6, 6.07) is 0. The highest BCUT2D eigenvalue weighted by Crippen LogP contribution is 2.21. The Morgan fingerprint density at radius 1 is 1.29 bits per heavy atom. The maximum absolute atomic E-state index is 11.9. The minimum atomic E-state index is -5.04. The second-order valence-electron chi connectivity index (χ2n) is 4.73. The van der Waals surface area contributed by atoms with E-state index in [1.165, 1.54) is 0 Å². The van der Waals surface area contributed by atoms with E-state index in [4.69, 9.17) is 9.47 Å². The highest BCUT2D eigenvalue weighted by Gasteiger charge is 2.45. The molecule has 2 aliphatic rings. The first kappa shape index (κ1) is 16.0. The van der Waals surface area contributed by atoms with Crippen LogP contribution in [0, 0.1) is 5.92 Å². The molecule has 1 amide bonds. The number of alkyl halides is 3. The normalized spacial score (nSPS) is 24.2. The summed E-state index contributed by atoms with van der Waals surface area (Å²) in [6.07, 6.45) is -5.26. The number of hydrogen-bond acceptors (Lipinski definition) is 6. The topological polar surface area (TPSA) is 77.1 Å². The van der Waals surface area contributed by atoms with Crippen LogP contribution in [0.5, 0.6) is 0 Å². The number of nitrogens with zero attached hydrogens (tertiary/aromatic N) is 1. The average Bonchev–Trinajstić information content (AvgIpc) is 2.39. The lowest BCUT2D eigenvalue weighted by Crippen LogP contribution is -2.55. The van der Waals surface area contributed by atoms with Crippen LogP contribution in [0.25, 0.3) is 0 Å². The summed E-state index contributed by atoms with van der Waals surface area (Å²) < 4.78 is 46.3. The van der Waals surface area contributed by atoms with Gasteiger partial charge in [0.2, 0.25) is 5.91 Å². The van der Waals surface area contributed by atoms with Crippen LogP contribution < -0.4 is 5.32 Å². The Morgan fingerprint density at radius 2 is 2.00 bits per heavy atom. The SMILES string of the molecule is O=C(NCC1COCCO1)C1CN(OC(=O)C(F)(F)F)C1. The molecule has 0 saturated carbocycles. The Labute approximate surface area is 118 Å². The molecule has 1 atom stereocenters. The van der Waals surface area contributed by atoms with Gasteiger partial charge >= 0.3 is 12.1 Å². The fourth-order valence-corrected chi connectivity index (χ4v) is 1.86. The predicted octanol–water partition coefficient (Wildman–Crippen LogP) is -0.530. The van der Waals surface area contributed by atoms with Crippen molar-refractivity contribution in [2.45, 2.75) is 12.3 Å². The Morgan fingerprint density at radius 3 is 2.57 bits per heavy atom. The van der Waals surface area contributed by atoms with Gasteiger partial charge in [0.15, 0.2) is 0 Å². The van der Waals surface area contributed by atoms with Crippen LogP contribution in [0.4, 0.5) is 13.2 Å². The molecule has 120 valence electrons. The molecule has 1 N–H and O–H groups in total. The third-order valence-corrected chi connectivity index (χ3v) is 3.05. The lowest BCUT2D eigenvalue weighted by molar-refractivity contribution is -0.257. The van der Waals surface area contributed by atoms with Gasteiger partial charge in [-0.15, -0.1) is 5.06 Å². The largest absolute Gasteiger partial charge is 0.492 e. The van der Waals surface area contributed by atoms with Crippen LogP contribution in [0.1, 0.15) is 0 Å². The van der Waals surface area contributed by atoms with Crippen molar-refractivity contribution in [3.63, 3.8) is 0 Å². The molecule has 10 heteroatoms. The number of hydrogen-bond donors (Lipinski definition) is 1. The Kier molecular flexibility index (Phi) is 5.01. The number of halogens is 3. The van der Waals surface area contributed by atoms with Crippen molar-refractivity contribution in [2.24, 2.45) is 5.92 Å². The fourth-order valence-electron chi connectivity index (χ4n) is 1.86. The minimum Gasteiger partial charge on any atom is -0.376 e. The smallest absolute Gasteiger partial charge is 0.376 e. The first-order valence-electron chi connectivity index (χ1n) is 6.37. The molecule has 21 heavy (non-hydrogen) atoms. The highest BCUT2D eigenvalue weighted by atomic mass is 19.4. The second kappa shape index (κ2) is 6.58. The van der Waals surface area contributed by atoms with Crippen molar-refractivity contribution in [1.82, 2.24) is 10.4 Å². The van der Waals surface area contributed by atoms with Crippen molar-refractivity contribution in [3.05, 3.63) is 0 Å². The first-order valence-corrected chi connectivity index (χ1v) is 6.37. The molecule has 2 rings (SSSR count). The van der Waals surface area contributed by atoms with E-state index >= 15 is 0 Å². The maximum Gasteiger partial charge on any atom is 0.492 e. The molecule has 0 radical (unpaired) electrons. The summed E-state index contributed by atoms with van der Waals surface area (Å²) in [5, 5.41) is 3.43. The molecule has 2 saturated heterocycles. The van der Waals surface area contributed by atoms with E-state index in [9.17, 15) is 22.8 Å². The van der Waals surface area contributed by atoms with E-state index in [1.807, 2.05) is 0 Å². The molecular formula is C11H15F3N2O5. The number of hydroxylamine groups is 2. The van der Waals surface area contributed by atoms with Gasteiger partial charge in [-0.25, -0.2) is 4.79 Å². The van der Waals surface area contributed by atoms with Crippen molar-refractivity contribution >= 4 is 11.9 Å². The zero-order valence-corrected chi connectivity index (χ0v) is 11.0. The van der Waals surface area contributed by atoms with E-state index in [1.54, 1.807) is 0 Å². The summed E-state index contributed by atoms with van der Waals surface area (Å²) >= 11 is 0. The molecule has 0 aromatic heterocycles. The summed E-state index contributed by atoms with van der Waals surface area (Å²) in [5.74, 6) is -3.10. The number of carbonyl (C=O) groups is 2. The molecule has 0 aliphatic carbocycles. The number of rotatable bonds is 4. The van der Waals surface area contributed by atoms with Crippen molar-refractivity contribution in [2.75, 3.05) is 39.5 Å². The highest BCUT2D eigenvalue weighted by molar-refractivity contribution is 5.80. The third kappa shape index (κ3) is 4.55. The van der Waals surface area contributed by atoms with Gasteiger partial charge in [-0.05, 0) is 0 Å². The van der Waals surface area contributed by atoms with Crippen molar-refractivity contribution in [3.8, 4) is 0 Å². The molecule has 2 heterocycles.